The molecule has 0 bridgehead atoms. The molecule has 0 aliphatic carbocycles. The van der Waals surface area contributed by atoms with Gasteiger partial charge in [-0.3, -0.25) is 9.89 Å². The second-order valence-corrected chi connectivity index (χ2v) is 8.16. The highest BCUT2D eigenvalue weighted by molar-refractivity contribution is 5.92. The third kappa shape index (κ3) is 5.22. The number of fused-ring (bicyclic) bond motifs is 1. The number of nitrogens with one attached hydrogen (secondary N) is 1. The first kappa shape index (κ1) is 21.3. The van der Waals surface area contributed by atoms with Gasteiger partial charge >= 0.3 is 0 Å². The molecule has 2 unspecified atom stereocenters. The highest BCUT2D eigenvalue weighted by Gasteiger charge is 2.30. The van der Waals surface area contributed by atoms with Crippen molar-refractivity contribution in [2.75, 3.05) is 45.8 Å². The molecule has 166 valence electrons. The molecule has 31 heavy (non-hydrogen) atoms. The van der Waals surface area contributed by atoms with Crippen LogP contribution in [-0.4, -0.2) is 51.3 Å². The Kier molecular flexibility index (Phi) is 6.82. The number of aliphatic imine (C=N–C) groups is 1. The molecule has 2 aliphatic heterocycles. The van der Waals surface area contributed by atoms with E-state index in [0.29, 0.717) is 37.7 Å². The van der Waals surface area contributed by atoms with Gasteiger partial charge in [0.25, 0.3) is 0 Å². The lowest BCUT2D eigenvalue weighted by Crippen LogP contribution is -2.38. The van der Waals surface area contributed by atoms with Crippen LogP contribution in [0.4, 0.5) is 5.69 Å². The normalized spacial score (nSPS) is 21.9. The number of rotatable bonds is 5. The summed E-state index contributed by atoms with van der Waals surface area (Å²) in [5.74, 6) is 3.20. The third-order valence-corrected chi connectivity index (χ3v) is 5.98. The van der Waals surface area contributed by atoms with Gasteiger partial charge in [0.15, 0.2) is 17.5 Å². The van der Waals surface area contributed by atoms with E-state index in [1.54, 1.807) is 7.11 Å². The summed E-state index contributed by atoms with van der Waals surface area (Å²) in [6, 6.07) is 14.4. The van der Waals surface area contributed by atoms with Crippen LogP contribution in [0.5, 0.6) is 17.2 Å². The Hall–Kier alpha value is -2.93. The van der Waals surface area contributed by atoms with Gasteiger partial charge in [-0.1, -0.05) is 12.1 Å². The molecule has 4 rings (SSSR count). The zero-order valence-corrected chi connectivity index (χ0v) is 18.3. The van der Waals surface area contributed by atoms with Crippen molar-refractivity contribution >= 4 is 11.6 Å². The van der Waals surface area contributed by atoms with Crippen molar-refractivity contribution in [2.24, 2.45) is 16.6 Å². The Morgan fingerprint density at radius 3 is 2.68 bits per heavy atom. The Labute approximate surface area is 184 Å². The maximum absolute atomic E-state index is 6.22. The van der Waals surface area contributed by atoms with Crippen molar-refractivity contribution in [3.8, 4) is 17.2 Å². The molecule has 0 saturated carbocycles. The number of ether oxygens (including phenoxy) is 3. The Bertz CT molecular complexity index is 900. The lowest BCUT2D eigenvalue weighted by molar-refractivity contribution is 0.125. The van der Waals surface area contributed by atoms with Gasteiger partial charge in [-0.15, -0.1) is 0 Å². The average molecular weight is 425 g/mol. The van der Waals surface area contributed by atoms with E-state index in [1.807, 2.05) is 30.3 Å². The number of likely N-dealkylation sites (tertiary alicyclic amines) is 1. The maximum atomic E-state index is 6.22. The molecule has 7 nitrogen and oxygen atoms in total. The summed E-state index contributed by atoms with van der Waals surface area (Å²) in [5, 5.41) is 3.19. The lowest BCUT2D eigenvalue weighted by atomic mass is 9.85. The molecule has 2 aromatic rings. The molecule has 1 saturated heterocycles. The van der Waals surface area contributed by atoms with E-state index in [-0.39, 0.29) is 0 Å². The van der Waals surface area contributed by atoms with E-state index in [2.05, 4.69) is 34.4 Å². The van der Waals surface area contributed by atoms with Gasteiger partial charge in [-0.2, -0.15) is 0 Å². The lowest BCUT2D eigenvalue weighted by Gasteiger charge is -2.39. The van der Waals surface area contributed by atoms with E-state index in [0.717, 1.165) is 42.3 Å². The number of guanidine groups is 1. The van der Waals surface area contributed by atoms with Crippen molar-refractivity contribution in [2.45, 2.75) is 25.3 Å². The minimum atomic E-state index is 0.314. The van der Waals surface area contributed by atoms with Crippen molar-refractivity contribution in [1.29, 1.82) is 0 Å². The SMILES string of the molecule is COc1ccc(C2C(CN=C(N)Nc3ccc4c(c3)OCCCO4)CCCN2C)cc1. The molecule has 1 fully saturated rings. The van der Waals surface area contributed by atoms with Crippen molar-refractivity contribution in [1.82, 2.24) is 4.90 Å². The summed E-state index contributed by atoms with van der Waals surface area (Å²) in [6.45, 7) is 3.09. The Balaban J connectivity index is 1.43. The highest BCUT2D eigenvalue weighted by Crippen LogP contribution is 2.36. The van der Waals surface area contributed by atoms with Crippen LogP contribution in [0.3, 0.4) is 0 Å². The van der Waals surface area contributed by atoms with Gasteiger partial charge in [-0.05, 0) is 62.2 Å². The van der Waals surface area contributed by atoms with Crippen LogP contribution in [0, 0.1) is 5.92 Å². The molecule has 0 spiro atoms. The van der Waals surface area contributed by atoms with E-state index in [9.17, 15) is 0 Å². The van der Waals surface area contributed by atoms with E-state index >= 15 is 0 Å². The molecular formula is C24H32N4O3. The van der Waals surface area contributed by atoms with Crippen LogP contribution in [0.25, 0.3) is 0 Å². The Morgan fingerprint density at radius 2 is 1.90 bits per heavy atom. The topological polar surface area (TPSA) is 81.3 Å². The number of piperidine rings is 1. The smallest absolute Gasteiger partial charge is 0.193 e. The van der Waals surface area contributed by atoms with Crippen molar-refractivity contribution in [3.05, 3.63) is 48.0 Å². The van der Waals surface area contributed by atoms with Gasteiger partial charge in [0.05, 0.1) is 20.3 Å². The van der Waals surface area contributed by atoms with Crippen LogP contribution < -0.4 is 25.3 Å². The standard InChI is InChI=1S/C24H32N4O3/c1-28-12-3-5-18(23(28)17-6-9-20(29-2)10-7-17)16-26-24(25)27-19-8-11-21-22(15-19)31-14-4-13-30-21/h6-11,15,18,23H,3-5,12-14,16H2,1-2H3,(H3,25,26,27). The van der Waals surface area contributed by atoms with Crippen LogP contribution in [-0.2, 0) is 0 Å². The molecule has 2 aromatic carbocycles. The van der Waals surface area contributed by atoms with Gasteiger partial charge in [0.1, 0.15) is 5.75 Å². The van der Waals surface area contributed by atoms with E-state index in [4.69, 9.17) is 19.9 Å². The summed E-state index contributed by atoms with van der Waals surface area (Å²) in [5.41, 5.74) is 8.36. The fourth-order valence-electron chi connectivity index (χ4n) is 4.42. The first-order valence-electron chi connectivity index (χ1n) is 10.9. The molecule has 2 atom stereocenters. The molecule has 7 heteroatoms. The fourth-order valence-corrected chi connectivity index (χ4v) is 4.42. The quantitative estimate of drug-likeness (QED) is 0.563. The summed E-state index contributed by atoms with van der Waals surface area (Å²) in [6.07, 6.45) is 3.17. The zero-order chi connectivity index (χ0) is 21.6. The number of nitrogens with two attached hydrogens (primary N) is 1. The fraction of sp³-hybridized carbons (Fsp3) is 0.458. The van der Waals surface area contributed by atoms with Crippen molar-refractivity contribution in [3.63, 3.8) is 0 Å². The van der Waals surface area contributed by atoms with Crippen LogP contribution >= 0.6 is 0 Å². The molecule has 3 N–H and O–H groups in total. The highest BCUT2D eigenvalue weighted by atomic mass is 16.5. The number of methoxy groups -OCH3 is 1. The van der Waals surface area contributed by atoms with E-state index < -0.39 is 0 Å². The second kappa shape index (κ2) is 9.92. The first-order valence-corrected chi connectivity index (χ1v) is 10.9. The van der Waals surface area contributed by atoms with E-state index in [1.165, 1.54) is 12.0 Å². The van der Waals surface area contributed by atoms with Crippen molar-refractivity contribution < 1.29 is 14.2 Å². The molecular weight excluding hydrogens is 392 g/mol. The molecule has 0 amide bonds. The van der Waals surface area contributed by atoms with Gasteiger partial charge < -0.3 is 25.3 Å². The molecule has 0 aromatic heterocycles. The summed E-state index contributed by atoms with van der Waals surface area (Å²) in [7, 11) is 3.88. The molecule has 2 aliphatic rings. The summed E-state index contributed by atoms with van der Waals surface area (Å²) in [4.78, 5) is 7.09. The zero-order valence-electron chi connectivity index (χ0n) is 18.3. The number of nitrogens with zero attached hydrogens (tertiary/aromatic N) is 2. The largest absolute Gasteiger partial charge is 0.497 e. The number of hydrogen-bond donors (Lipinski definition) is 2. The summed E-state index contributed by atoms with van der Waals surface area (Å²) < 4.78 is 16.8. The maximum Gasteiger partial charge on any atom is 0.193 e. The predicted octanol–water partition coefficient (Wildman–Crippen LogP) is 3.67. The average Bonchev–Trinajstić information content (AvgIpc) is 3.03. The Morgan fingerprint density at radius 1 is 1.13 bits per heavy atom. The molecule has 0 radical (unpaired) electrons. The third-order valence-electron chi connectivity index (χ3n) is 5.98. The van der Waals surface area contributed by atoms with Gasteiger partial charge in [0.2, 0.25) is 0 Å². The van der Waals surface area contributed by atoms with Crippen LogP contribution in [0.1, 0.15) is 30.9 Å². The number of hydrogen-bond acceptors (Lipinski definition) is 5. The van der Waals surface area contributed by atoms with Crippen LogP contribution in [0.15, 0.2) is 47.5 Å². The minimum absolute atomic E-state index is 0.314. The van der Waals surface area contributed by atoms with Gasteiger partial charge in [0, 0.05) is 30.8 Å². The minimum Gasteiger partial charge on any atom is -0.497 e. The van der Waals surface area contributed by atoms with Crippen LogP contribution in [0.2, 0.25) is 0 Å². The monoisotopic (exact) mass is 424 g/mol. The number of anilines is 1. The summed E-state index contributed by atoms with van der Waals surface area (Å²) >= 11 is 0. The predicted molar refractivity (Wildman–Crippen MR) is 123 cm³/mol. The second-order valence-electron chi connectivity index (χ2n) is 8.16. The molecule has 2 heterocycles. The van der Waals surface area contributed by atoms with Gasteiger partial charge in [-0.25, -0.2) is 0 Å². The number of benzene rings is 2. The first-order chi connectivity index (χ1) is 15.1.